The molecule has 0 amide bonds. The molecule has 22 nitrogen and oxygen atoms in total. The summed E-state index contributed by atoms with van der Waals surface area (Å²) in [6, 6.07) is -1.10. The van der Waals surface area contributed by atoms with Gasteiger partial charge in [-0.05, 0) is 26.3 Å². The number of hydrogen-bond donors (Lipinski definition) is 13. The van der Waals surface area contributed by atoms with Crippen LogP contribution in [0.3, 0.4) is 0 Å². The fraction of sp³-hybridized carbons (Fsp3) is 0.867. The Morgan fingerprint density at radius 1 is 0.887 bits per heavy atom. The van der Waals surface area contributed by atoms with Crippen molar-refractivity contribution in [2.45, 2.75) is 92.9 Å². The SMILES string of the molecule is CC1(N(CC(=O)O)CC(=O)O)CN(CC(=O)O)CCN(C(CCCCNCC(O)C(O)C(O[C@@H]2O[C@H](CO)[C@H](O)[C@H](O)[C@H]2O)C(O)CO)C(=O)O)C1.[Gd+3]. The predicted octanol–water partition coefficient (Wildman–Crippen LogP) is -6.61. The Labute approximate surface area is 337 Å². The summed E-state index contributed by atoms with van der Waals surface area (Å²) < 4.78 is 10.6. The summed E-state index contributed by atoms with van der Waals surface area (Å²) in [7, 11) is 0. The van der Waals surface area contributed by atoms with E-state index in [-0.39, 0.29) is 85.6 Å². The van der Waals surface area contributed by atoms with E-state index in [0.717, 1.165) is 0 Å². The number of carboxylic acids is 4. The molecule has 2 heterocycles. The van der Waals surface area contributed by atoms with Crippen LogP contribution >= 0.6 is 0 Å². The van der Waals surface area contributed by atoms with Crippen molar-refractivity contribution in [1.82, 2.24) is 20.0 Å². The summed E-state index contributed by atoms with van der Waals surface area (Å²) >= 11 is 0. The van der Waals surface area contributed by atoms with Crippen molar-refractivity contribution in [2.24, 2.45) is 0 Å². The van der Waals surface area contributed by atoms with Crippen LogP contribution in [0.1, 0.15) is 26.2 Å². The number of aliphatic hydroxyl groups is 8. The largest absolute Gasteiger partial charge is 3.00 e. The molecule has 0 bridgehead atoms. The zero-order valence-corrected chi connectivity index (χ0v) is 31.5. The van der Waals surface area contributed by atoms with E-state index in [1.54, 1.807) is 11.8 Å². The van der Waals surface area contributed by atoms with Gasteiger partial charge in [0.25, 0.3) is 0 Å². The van der Waals surface area contributed by atoms with Gasteiger partial charge in [0.15, 0.2) is 6.29 Å². The molecular formula is C30H54GdN4O18+3. The summed E-state index contributed by atoms with van der Waals surface area (Å²) in [5, 5.41) is 122. The molecule has 0 aromatic carbocycles. The van der Waals surface area contributed by atoms with E-state index in [2.05, 4.69) is 5.32 Å². The number of rotatable bonds is 23. The smallest absolute Gasteiger partial charge is 0.480 e. The number of carbonyl (C=O) groups is 4. The summed E-state index contributed by atoms with van der Waals surface area (Å²) in [4.78, 5) is 51.4. The van der Waals surface area contributed by atoms with Crippen molar-refractivity contribution in [1.29, 1.82) is 0 Å². The third-order valence-corrected chi connectivity index (χ3v) is 9.18. The van der Waals surface area contributed by atoms with Gasteiger partial charge in [-0.3, -0.25) is 33.9 Å². The van der Waals surface area contributed by atoms with Gasteiger partial charge in [0, 0.05) is 38.3 Å². The van der Waals surface area contributed by atoms with Gasteiger partial charge >= 0.3 is 63.8 Å². The van der Waals surface area contributed by atoms with Gasteiger partial charge in [-0.2, -0.15) is 0 Å². The molecule has 0 aromatic heterocycles. The van der Waals surface area contributed by atoms with Crippen molar-refractivity contribution in [3.05, 3.63) is 0 Å². The van der Waals surface area contributed by atoms with Crippen molar-refractivity contribution in [2.75, 3.05) is 72.1 Å². The van der Waals surface area contributed by atoms with Crippen LogP contribution in [0, 0.1) is 39.9 Å². The summed E-state index contributed by atoms with van der Waals surface area (Å²) in [6.45, 7) is -1.93. The maximum absolute atomic E-state index is 12.4. The Bertz CT molecular complexity index is 1140. The van der Waals surface area contributed by atoms with E-state index < -0.39 is 123 Å². The number of aliphatic carboxylic acids is 4. The van der Waals surface area contributed by atoms with E-state index >= 15 is 0 Å². The molecule has 2 aliphatic rings. The molecule has 0 saturated carbocycles. The summed E-state index contributed by atoms with van der Waals surface area (Å²) in [5.74, 6) is -4.99. The maximum atomic E-state index is 12.4. The Morgan fingerprint density at radius 3 is 2.04 bits per heavy atom. The van der Waals surface area contributed by atoms with Crippen LogP contribution < -0.4 is 5.32 Å². The number of nitrogens with one attached hydrogen (secondary N) is 1. The summed E-state index contributed by atoms with van der Waals surface area (Å²) in [6.07, 6.45) is -14.9. The molecule has 0 aliphatic carbocycles. The first-order valence-corrected chi connectivity index (χ1v) is 16.8. The number of aliphatic hydroxyl groups excluding tert-OH is 8. The second kappa shape index (κ2) is 23.7. The third kappa shape index (κ3) is 15.3. The molecule has 2 aliphatic heterocycles. The molecule has 1 radical (unpaired) electrons. The average molecular weight is 916 g/mol. The molecule has 2 fully saturated rings. The van der Waals surface area contributed by atoms with E-state index in [9.17, 15) is 80.5 Å². The van der Waals surface area contributed by atoms with Gasteiger partial charge in [0.05, 0.1) is 39.0 Å². The second-order valence-electron chi connectivity index (χ2n) is 13.4. The number of ether oxygens (including phenoxy) is 2. The van der Waals surface area contributed by atoms with Gasteiger partial charge < -0.3 is 76.1 Å². The Balaban J connectivity index is 0.0000140. The van der Waals surface area contributed by atoms with Gasteiger partial charge in [-0.15, -0.1) is 0 Å². The third-order valence-electron chi connectivity index (χ3n) is 9.18. The van der Waals surface area contributed by atoms with E-state index in [4.69, 9.17) is 9.47 Å². The number of carboxylic acid groups (broad SMARTS) is 4. The predicted molar refractivity (Wildman–Crippen MR) is 173 cm³/mol. The quantitative estimate of drug-likeness (QED) is 0.0424. The molecular weight excluding hydrogens is 862 g/mol. The minimum Gasteiger partial charge on any atom is -0.480 e. The Kier molecular flexibility index (Phi) is 22.2. The second-order valence-corrected chi connectivity index (χ2v) is 13.4. The molecule has 2 rings (SSSR count). The van der Waals surface area contributed by atoms with Gasteiger partial charge in [0.2, 0.25) is 0 Å². The zero-order valence-electron chi connectivity index (χ0n) is 29.2. The van der Waals surface area contributed by atoms with Crippen LogP contribution in [0.4, 0.5) is 0 Å². The van der Waals surface area contributed by atoms with Crippen molar-refractivity contribution in [3.63, 3.8) is 0 Å². The first-order valence-electron chi connectivity index (χ1n) is 16.8. The van der Waals surface area contributed by atoms with E-state index in [1.807, 2.05) is 0 Å². The minimum absolute atomic E-state index is 0. The number of nitrogens with zero attached hydrogens (tertiary/aromatic N) is 3. The van der Waals surface area contributed by atoms with Crippen molar-refractivity contribution >= 4 is 23.9 Å². The van der Waals surface area contributed by atoms with Crippen molar-refractivity contribution in [3.8, 4) is 0 Å². The minimum atomic E-state index is -1.89. The zero-order chi connectivity index (χ0) is 39.3. The fourth-order valence-corrected chi connectivity index (χ4v) is 6.43. The average Bonchev–Trinajstić information content (AvgIpc) is 3.23. The van der Waals surface area contributed by atoms with Crippen LogP contribution in [-0.4, -0.2) is 239 Å². The number of unbranched alkanes of at least 4 members (excludes halogenated alkanes) is 1. The molecule has 53 heavy (non-hydrogen) atoms. The standard InChI is InChI=1S/C30H54N4O18.Gd/c1-30(34(10-21(41)42)11-22(43)44)14-32(9-20(39)40)6-7-33(15-30)16(28(49)50)4-2-3-5-31-8-17(37)23(45)27(18(38)12-35)52-29-26(48)25(47)24(46)19(13-36)51-29;/h16-19,23-27,29,31,35-38,45-48H,2-15H2,1H3,(H,39,40)(H,41,42)(H,43,44)(H,49,50);/q;+3/t16?,17?,18?,19-,23?,24+,25+,26-,27?,29+,30?;/m1./s1. The Morgan fingerprint density at radius 2 is 1.51 bits per heavy atom. The van der Waals surface area contributed by atoms with Crippen LogP contribution in [0.5, 0.6) is 0 Å². The monoisotopic (exact) mass is 916 g/mol. The van der Waals surface area contributed by atoms with Crippen molar-refractivity contribution < 1.29 is 130 Å². The van der Waals surface area contributed by atoms with Gasteiger partial charge in [0.1, 0.15) is 48.8 Å². The van der Waals surface area contributed by atoms with E-state index in [1.165, 1.54) is 9.80 Å². The molecule has 6 unspecified atom stereocenters. The molecule has 2 saturated heterocycles. The van der Waals surface area contributed by atoms with Gasteiger partial charge in [-0.1, -0.05) is 6.42 Å². The first-order chi connectivity index (χ1) is 24.3. The molecule has 13 N–H and O–H groups in total. The van der Waals surface area contributed by atoms with Crippen LogP contribution in [-0.2, 0) is 28.7 Å². The fourth-order valence-electron chi connectivity index (χ4n) is 6.43. The molecule has 11 atom stereocenters. The summed E-state index contributed by atoms with van der Waals surface area (Å²) in [5.41, 5.74) is -1.26. The maximum Gasteiger partial charge on any atom is 3.00 e. The van der Waals surface area contributed by atoms with Crippen LogP contribution in [0.2, 0.25) is 0 Å². The van der Waals surface area contributed by atoms with E-state index in [0.29, 0.717) is 12.8 Å². The molecule has 23 heteroatoms. The molecule has 0 spiro atoms. The number of hydrogen-bond acceptors (Lipinski definition) is 18. The first kappa shape index (κ1) is 49.7. The Hall–Kier alpha value is -1.36. The topological polar surface area (TPSA) is 351 Å². The molecule has 307 valence electrons. The molecule has 0 aromatic rings. The normalized spacial score (nSPS) is 28.6. The van der Waals surface area contributed by atoms with Crippen LogP contribution in [0.15, 0.2) is 0 Å². The van der Waals surface area contributed by atoms with Gasteiger partial charge in [-0.25, -0.2) is 0 Å². The van der Waals surface area contributed by atoms with Crippen LogP contribution in [0.25, 0.3) is 0 Å².